The van der Waals surface area contributed by atoms with Crippen LogP contribution in [0.5, 0.6) is 5.75 Å². The Hall–Kier alpha value is -1.51. The van der Waals surface area contributed by atoms with Gasteiger partial charge >= 0.3 is 0 Å². The lowest BCUT2D eigenvalue weighted by molar-refractivity contribution is 0.414. The molecule has 0 heterocycles. The third-order valence-electron chi connectivity index (χ3n) is 3.03. The van der Waals surface area contributed by atoms with Crippen molar-refractivity contribution in [1.82, 2.24) is 5.32 Å². The number of methoxy groups -OCH3 is 1. The summed E-state index contributed by atoms with van der Waals surface area (Å²) in [6.07, 6.45) is 0. The van der Waals surface area contributed by atoms with E-state index < -0.39 is 0 Å². The maximum absolute atomic E-state index is 5.94. The highest BCUT2D eigenvalue weighted by atomic mass is 35.5. The van der Waals surface area contributed by atoms with E-state index in [2.05, 4.69) is 24.4 Å². The molecule has 0 saturated carbocycles. The number of hydrogen-bond acceptors (Lipinski definition) is 2. The molecule has 0 aliphatic carbocycles. The summed E-state index contributed by atoms with van der Waals surface area (Å²) in [6, 6.07) is 14.1. The van der Waals surface area contributed by atoms with Gasteiger partial charge in [-0.05, 0) is 47.5 Å². The van der Waals surface area contributed by atoms with Crippen LogP contribution in [0.1, 0.15) is 12.5 Å². The molecule has 0 bridgehead atoms. The van der Waals surface area contributed by atoms with Gasteiger partial charge in [0.2, 0.25) is 0 Å². The molecule has 0 aliphatic heterocycles. The van der Waals surface area contributed by atoms with Gasteiger partial charge in [0.15, 0.2) is 0 Å². The number of halogens is 1. The summed E-state index contributed by atoms with van der Waals surface area (Å²) in [6.45, 7) is 3.87. The van der Waals surface area contributed by atoms with E-state index >= 15 is 0 Å². The molecule has 2 aromatic carbocycles. The second-order valence-electron chi connectivity index (χ2n) is 4.31. The van der Waals surface area contributed by atoms with E-state index in [1.165, 1.54) is 16.7 Å². The number of hydrogen-bond donors (Lipinski definition) is 1. The molecule has 0 saturated heterocycles. The normalized spacial score (nSPS) is 10.5. The molecule has 0 spiro atoms. The molecular weight excluding hydrogens is 258 g/mol. The Morgan fingerprint density at radius 1 is 1.11 bits per heavy atom. The monoisotopic (exact) mass is 275 g/mol. The Kier molecular flexibility index (Phi) is 4.83. The van der Waals surface area contributed by atoms with Gasteiger partial charge in [-0.25, -0.2) is 0 Å². The maximum Gasteiger partial charge on any atom is 0.119 e. The van der Waals surface area contributed by atoms with Crippen molar-refractivity contribution in [3.05, 3.63) is 53.1 Å². The van der Waals surface area contributed by atoms with Crippen LogP contribution in [0.4, 0.5) is 0 Å². The van der Waals surface area contributed by atoms with E-state index in [0.29, 0.717) is 0 Å². The Morgan fingerprint density at radius 2 is 1.84 bits per heavy atom. The van der Waals surface area contributed by atoms with E-state index in [4.69, 9.17) is 16.3 Å². The second kappa shape index (κ2) is 6.60. The molecule has 0 aromatic heterocycles. The molecule has 0 aliphatic rings. The minimum absolute atomic E-state index is 0.755. The van der Waals surface area contributed by atoms with Gasteiger partial charge in [-0.1, -0.05) is 36.7 Å². The summed E-state index contributed by atoms with van der Waals surface area (Å²) in [5.41, 5.74) is 3.60. The van der Waals surface area contributed by atoms with Gasteiger partial charge in [-0.2, -0.15) is 0 Å². The molecule has 0 atom stereocenters. The van der Waals surface area contributed by atoms with E-state index in [9.17, 15) is 0 Å². The van der Waals surface area contributed by atoms with Gasteiger partial charge in [0.05, 0.1) is 7.11 Å². The van der Waals surface area contributed by atoms with Gasteiger partial charge in [0.1, 0.15) is 5.75 Å². The Balaban J connectivity index is 2.39. The van der Waals surface area contributed by atoms with Crippen molar-refractivity contribution < 1.29 is 4.74 Å². The summed E-state index contributed by atoms with van der Waals surface area (Å²) in [7, 11) is 1.69. The second-order valence-corrected chi connectivity index (χ2v) is 4.75. The van der Waals surface area contributed by atoms with Crippen molar-refractivity contribution in [1.29, 1.82) is 0 Å². The molecule has 3 heteroatoms. The fourth-order valence-electron chi connectivity index (χ4n) is 2.01. The Bertz CT molecular complexity index is 537. The number of ether oxygens (including phenoxy) is 1. The molecule has 0 amide bonds. The van der Waals surface area contributed by atoms with Crippen LogP contribution in [0, 0.1) is 0 Å². The molecule has 2 aromatic rings. The van der Waals surface area contributed by atoms with Gasteiger partial charge in [0, 0.05) is 11.6 Å². The first-order valence-electron chi connectivity index (χ1n) is 6.38. The third kappa shape index (κ3) is 3.49. The first-order valence-corrected chi connectivity index (χ1v) is 6.76. The fourth-order valence-corrected chi connectivity index (χ4v) is 2.14. The first kappa shape index (κ1) is 13.9. The van der Waals surface area contributed by atoms with Crippen LogP contribution < -0.4 is 10.1 Å². The van der Waals surface area contributed by atoms with Crippen molar-refractivity contribution in [2.75, 3.05) is 13.7 Å². The van der Waals surface area contributed by atoms with Gasteiger partial charge < -0.3 is 10.1 Å². The molecule has 19 heavy (non-hydrogen) atoms. The fraction of sp³-hybridized carbons (Fsp3) is 0.250. The van der Waals surface area contributed by atoms with Crippen LogP contribution in [-0.4, -0.2) is 13.7 Å². The zero-order valence-corrected chi connectivity index (χ0v) is 12.0. The predicted molar refractivity (Wildman–Crippen MR) is 80.8 cm³/mol. The Labute approximate surface area is 119 Å². The lowest BCUT2D eigenvalue weighted by atomic mass is 9.99. The molecule has 100 valence electrons. The summed E-state index contributed by atoms with van der Waals surface area (Å²) >= 11 is 5.94. The van der Waals surface area contributed by atoms with Gasteiger partial charge in [-0.3, -0.25) is 0 Å². The van der Waals surface area contributed by atoms with Crippen LogP contribution in [0.15, 0.2) is 42.5 Å². The quantitative estimate of drug-likeness (QED) is 0.886. The van der Waals surface area contributed by atoms with E-state index in [1.807, 2.05) is 30.3 Å². The van der Waals surface area contributed by atoms with E-state index in [0.717, 1.165) is 23.9 Å². The summed E-state index contributed by atoms with van der Waals surface area (Å²) < 4.78 is 5.30. The minimum Gasteiger partial charge on any atom is -0.497 e. The zero-order valence-electron chi connectivity index (χ0n) is 11.2. The topological polar surface area (TPSA) is 21.3 Å². The van der Waals surface area contributed by atoms with Crippen LogP contribution in [0.3, 0.4) is 0 Å². The SMILES string of the molecule is CCNCc1cc(OC)ccc1-c1ccc(Cl)cc1. The molecule has 0 fully saturated rings. The summed E-state index contributed by atoms with van der Waals surface area (Å²) in [4.78, 5) is 0. The highest BCUT2D eigenvalue weighted by molar-refractivity contribution is 6.30. The predicted octanol–water partition coefficient (Wildman–Crippen LogP) is 4.13. The molecule has 0 radical (unpaired) electrons. The molecular formula is C16H18ClNO. The molecule has 1 N–H and O–H groups in total. The van der Waals surface area contributed by atoms with Gasteiger partial charge in [-0.15, -0.1) is 0 Å². The lowest BCUT2D eigenvalue weighted by Gasteiger charge is -2.12. The van der Waals surface area contributed by atoms with Crippen LogP contribution in [0.25, 0.3) is 11.1 Å². The highest BCUT2D eigenvalue weighted by Gasteiger charge is 2.06. The van der Waals surface area contributed by atoms with Crippen molar-refractivity contribution in [2.45, 2.75) is 13.5 Å². The van der Waals surface area contributed by atoms with Crippen molar-refractivity contribution in [3.63, 3.8) is 0 Å². The zero-order chi connectivity index (χ0) is 13.7. The molecule has 0 unspecified atom stereocenters. The smallest absolute Gasteiger partial charge is 0.119 e. The standard InChI is InChI=1S/C16H18ClNO/c1-3-18-11-13-10-15(19-2)8-9-16(13)12-4-6-14(17)7-5-12/h4-10,18H,3,11H2,1-2H3. The number of benzene rings is 2. The number of nitrogens with one attached hydrogen (secondary N) is 1. The van der Waals surface area contributed by atoms with E-state index in [1.54, 1.807) is 7.11 Å². The molecule has 2 nitrogen and oxygen atoms in total. The Morgan fingerprint density at radius 3 is 2.47 bits per heavy atom. The number of rotatable bonds is 5. The third-order valence-corrected chi connectivity index (χ3v) is 3.29. The van der Waals surface area contributed by atoms with Crippen LogP contribution >= 0.6 is 11.6 Å². The lowest BCUT2D eigenvalue weighted by Crippen LogP contribution is -2.12. The minimum atomic E-state index is 0.755. The first-order chi connectivity index (χ1) is 9.24. The van der Waals surface area contributed by atoms with Crippen molar-refractivity contribution >= 4 is 11.6 Å². The van der Waals surface area contributed by atoms with E-state index in [-0.39, 0.29) is 0 Å². The summed E-state index contributed by atoms with van der Waals surface area (Å²) in [5, 5.41) is 4.11. The average Bonchev–Trinajstić information content (AvgIpc) is 2.46. The van der Waals surface area contributed by atoms with Crippen LogP contribution in [0.2, 0.25) is 5.02 Å². The van der Waals surface area contributed by atoms with Crippen molar-refractivity contribution in [3.8, 4) is 16.9 Å². The highest BCUT2D eigenvalue weighted by Crippen LogP contribution is 2.28. The van der Waals surface area contributed by atoms with Crippen LogP contribution in [-0.2, 0) is 6.54 Å². The molecule has 2 rings (SSSR count). The summed E-state index contributed by atoms with van der Waals surface area (Å²) in [5.74, 6) is 0.880. The van der Waals surface area contributed by atoms with Gasteiger partial charge in [0.25, 0.3) is 0 Å². The average molecular weight is 276 g/mol. The van der Waals surface area contributed by atoms with Crippen molar-refractivity contribution in [2.24, 2.45) is 0 Å². The maximum atomic E-state index is 5.94. The largest absolute Gasteiger partial charge is 0.497 e.